The van der Waals surface area contributed by atoms with E-state index >= 15 is 0 Å². The van der Waals surface area contributed by atoms with E-state index in [-0.39, 0.29) is 28.9 Å². The lowest BCUT2D eigenvalue weighted by Crippen LogP contribution is -2.34. The number of ether oxygens (including phenoxy) is 2. The molecule has 3 aromatic heterocycles. The third-order valence-electron chi connectivity index (χ3n) is 5.59. The molecule has 0 spiro atoms. The Morgan fingerprint density at radius 1 is 1.05 bits per heavy atom. The molecule has 4 rings (SSSR count). The molecule has 2 atom stereocenters. The Balaban J connectivity index is 2.12. The predicted molar refractivity (Wildman–Crippen MR) is 129 cm³/mol. The maximum atomic E-state index is 13.7. The van der Waals surface area contributed by atoms with Crippen molar-refractivity contribution in [2.24, 2.45) is 5.14 Å². The number of nitriles is 1. The third-order valence-corrected chi connectivity index (χ3v) is 6.90. The maximum Gasteiger partial charge on any atom is 0.212 e. The van der Waals surface area contributed by atoms with Gasteiger partial charge in [0, 0.05) is 0 Å². The first-order valence-corrected chi connectivity index (χ1v) is 12.3. The van der Waals surface area contributed by atoms with Gasteiger partial charge in [0.15, 0.2) is 11.6 Å². The highest BCUT2D eigenvalue weighted by Crippen LogP contribution is 2.39. The van der Waals surface area contributed by atoms with E-state index < -0.39 is 27.0 Å². The summed E-state index contributed by atoms with van der Waals surface area (Å²) in [6.07, 6.45) is 1.82. The minimum Gasteiger partial charge on any atom is -0.494 e. The van der Waals surface area contributed by atoms with E-state index in [9.17, 15) is 18.1 Å². The van der Waals surface area contributed by atoms with Gasteiger partial charge in [0.1, 0.15) is 46.3 Å². The highest BCUT2D eigenvalue weighted by atomic mass is 32.2. The molecule has 0 bridgehead atoms. The van der Waals surface area contributed by atoms with Gasteiger partial charge in [0.25, 0.3) is 0 Å². The number of pyridine rings is 1. The van der Waals surface area contributed by atoms with Crippen molar-refractivity contribution in [2.75, 3.05) is 14.2 Å². The van der Waals surface area contributed by atoms with E-state index in [1.807, 2.05) is 6.07 Å². The lowest BCUT2D eigenvalue weighted by molar-refractivity contribution is 0.390. The van der Waals surface area contributed by atoms with E-state index in [4.69, 9.17) is 14.6 Å². The second-order valence-corrected chi connectivity index (χ2v) is 9.70. The lowest BCUT2D eigenvalue weighted by atomic mass is 10.0. The van der Waals surface area contributed by atoms with Crippen LogP contribution in [0.5, 0.6) is 11.5 Å². The molecule has 190 valence electrons. The summed E-state index contributed by atoms with van der Waals surface area (Å²) in [6, 6.07) is 11.7. The largest absolute Gasteiger partial charge is 0.494 e. The van der Waals surface area contributed by atoms with Gasteiger partial charge in [-0.3, -0.25) is 4.57 Å². The SMILES string of the molecule is COc1cccc(OC)c1-n1c(-c2cccc(C#N)n2)nnc1C(c1ncc(F)cn1)C(C)S(N)(=O)=O. The predicted octanol–water partition coefficient (Wildman–Crippen LogP) is 1.96. The first-order chi connectivity index (χ1) is 17.7. The zero-order valence-electron chi connectivity index (χ0n) is 19.9. The second-order valence-electron chi connectivity index (χ2n) is 7.78. The number of hydrogen-bond acceptors (Lipinski definition) is 10. The van der Waals surface area contributed by atoms with Crippen molar-refractivity contribution < 1.29 is 22.3 Å². The van der Waals surface area contributed by atoms with Crippen LogP contribution in [0.2, 0.25) is 0 Å². The molecular weight excluding hydrogens is 503 g/mol. The normalized spacial score (nSPS) is 13.0. The number of aromatic nitrogens is 6. The minimum atomic E-state index is -4.18. The minimum absolute atomic E-state index is 0.0371. The van der Waals surface area contributed by atoms with Gasteiger partial charge in [-0.25, -0.2) is 32.9 Å². The number of nitrogens with two attached hydrogens (primary N) is 1. The molecule has 2 unspecified atom stereocenters. The zero-order valence-corrected chi connectivity index (χ0v) is 20.7. The van der Waals surface area contributed by atoms with Crippen LogP contribution in [-0.2, 0) is 10.0 Å². The van der Waals surface area contributed by atoms with Gasteiger partial charge in [-0.05, 0) is 31.2 Å². The summed E-state index contributed by atoms with van der Waals surface area (Å²) in [6.45, 7) is 1.36. The molecule has 14 heteroatoms. The van der Waals surface area contributed by atoms with Gasteiger partial charge in [-0.2, -0.15) is 5.26 Å². The number of methoxy groups -OCH3 is 2. The molecule has 0 saturated heterocycles. The van der Waals surface area contributed by atoms with Crippen molar-refractivity contribution in [1.82, 2.24) is 29.7 Å². The first-order valence-electron chi connectivity index (χ1n) is 10.7. The quantitative estimate of drug-likeness (QED) is 0.359. The van der Waals surface area contributed by atoms with Gasteiger partial charge in [-0.1, -0.05) is 12.1 Å². The number of nitrogens with zero attached hydrogens (tertiary/aromatic N) is 7. The van der Waals surface area contributed by atoms with Crippen LogP contribution >= 0.6 is 0 Å². The molecule has 0 fully saturated rings. The van der Waals surface area contributed by atoms with Gasteiger partial charge in [0.05, 0.1) is 37.8 Å². The number of rotatable bonds is 8. The van der Waals surface area contributed by atoms with Crippen LogP contribution in [-0.4, -0.2) is 57.6 Å². The van der Waals surface area contributed by atoms with Crippen molar-refractivity contribution in [3.8, 4) is 34.8 Å². The molecule has 1 aromatic carbocycles. The molecular formula is C23H21FN8O4S. The molecule has 2 N–H and O–H groups in total. The Kier molecular flexibility index (Phi) is 7.09. The fraction of sp³-hybridized carbons (Fsp3) is 0.217. The molecule has 0 aliphatic heterocycles. The second kappa shape index (κ2) is 10.2. The molecule has 0 aliphatic rings. The number of primary sulfonamides is 1. The number of benzene rings is 1. The Labute approximate surface area is 211 Å². The topological polar surface area (TPSA) is 172 Å². The average molecular weight is 525 g/mol. The molecule has 12 nitrogen and oxygen atoms in total. The summed E-state index contributed by atoms with van der Waals surface area (Å²) in [4.78, 5) is 12.3. The fourth-order valence-electron chi connectivity index (χ4n) is 3.77. The highest BCUT2D eigenvalue weighted by molar-refractivity contribution is 7.89. The molecule has 0 aliphatic carbocycles. The third kappa shape index (κ3) is 4.95. The summed E-state index contributed by atoms with van der Waals surface area (Å²) in [5.74, 6) is -1.13. The summed E-state index contributed by atoms with van der Waals surface area (Å²) >= 11 is 0. The average Bonchev–Trinajstić information content (AvgIpc) is 3.32. The van der Waals surface area contributed by atoms with Crippen LogP contribution in [0.3, 0.4) is 0 Å². The van der Waals surface area contributed by atoms with Crippen molar-refractivity contribution in [3.63, 3.8) is 0 Å². The number of halogens is 1. The molecule has 0 saturated carbocycles. The van der Waals surface area contributed by atoms with Crippen LogP contribution in [0.15, 0.2) is 48.8 Å². The van der Waals surface area contributed by atoms with E-state index in [1.54, 1.807) is 30.3 Å². The zero-order chi connectivity index (χ0) is 26.7. The van der Waals surface area contributed by atoms with Gasteiger partial charge < -0.3 is 9.47 Å². The Hall–Kier alpha value is -4.48. The van der Waals surface area contributed by atoms with Crippen LogP contribution in [0.4, 0.5) is 4.39 Å². The number of sulfonamides is 1. The van der Waals surface area contributed by atoms with E-state index in [0.717, 1.165) is 12.4 Å². The van der Waals surface area contributed by atoms with Crippen molar-refractivity contribution >= 4 is 10.0 Å². The van der Waals surface area contributed by atoms with Gasteiger partial charge in [0.2, 0.25) is 10.0 Å². The van der Waals surface area contributed by atoms with E-state index in [2.05, 4.69) is 25.1 Å². The summed E-state index contributed by atoms with van der Waals surface area (Å²) < 4.78 is 51.4. The van der Waals surface area contributed by atoms with Crippen molar-refractivity contribution in [1.29, 1.82) is 5.26 Å². The van der Waals surface area contributed by atoms with Crippen LogP contribution in [0.1, 0.15) is 30.2 Å². The molecule has 3 heterocycles. The fourth-order valence-corrected chi connectivity index (χ4v) is 4.39. The Morgan fingerprint density at radius 3 is 2.24 bits per heavy atom. The number of para-hydroxylation sites is 1. The van der Waals surface area contributed by atoms with Crippen LogP contribution in [0.25, 0.3) is 17.2 Å². The van der Waals surface area contributed by atoms with E-state index in [1.165, 1.54) is 31.8 Å². The summed E-state index contributed by atoms with van der Waals surface area (Å²) in [7, 11) is -1.28. The summed E-state index contributed by atoms with van der Waals surface area (Å²) in [5, 5.41) is 22.2. The van der Waals surface area contributed by atoms with Gasteiger partial charge in [-0.15, -0.1) is 10.2 Å². The lowest BCUT2D eigenvalue weighted by Gasteiger charge is -2.23. The number of hydrogen-bond donors (Lipinski definition) is 1. The smallest absolute Gasteiger partial charge is 0.212 e. The molecule has 0 radical (unpaired) electrons. The highest BCUT2D eigenvalue weighted by Gasteiger charge is 2.38. The van der Waals surface area contributed by atoms with E-state index in [0.29, 0.717) is 17.2 Å². The Bertz CT molecular complexity index is 1560. The Morgan fingerprint density at radius 2 is 1.68 bits per heavy atom. The molecule has 4 aromatic rings. The standard InChI is InChI=1S/C23H21FN8O4S/c1-13(37(26,33)34)19(21-27-11-14(24)12-28-21)23-31-30-22(16-7-4-6-15(10-25)29-16)32(23)20-17(35-2)8-5-9-18(20)36-3/h4-9,11-13,19H,1-3H3,(H2,26,33,34). The summed E-state index contributed by atoms with van der Waals surface area (Å²) in [5.41, 5.74) is 0.699. The monoisotopic (exact) mass is 524 g/mol. The van der Waals surface area contributed by atoms with Crippen LogP contribution < -0.4 is 14.6 Å². The van der Waals surface area contributed by atoms with Gasteiger partial charge >= 0.3 is 0 Å². The van der Waals surface area contributed by atoms with Crippen molar-refractivity contribution in [2.45, 2.75) is 18.1 Å². The first kappa shape index (κ1) is 25.6. The maximum absolute atomic E-state index is 13.7. The van der Waals surface area contributed by atoms with Crippen LogP contribution in [0, 0.1) is 17.1 Å². The molecule has 37 heavy (non-hydrogen) atoms. The molecule has 0 amide bonds. The van der Waals surface area contributed by atoms with Crippen molar-refractivity contribution in [3.05, 3.63) is 72.0 Å².